The number of carbonyl (C=O) groups excluding carboxylic acids is 1. The topological polar surface area (TPSA) is 127 Å². The van der Waals surface area contributed by atoms with Crippen LogP contribution in [0.15, 0.2) is 23.3 Å². The van der Waals surface area contributed by atoms with Gasteiger partial charge in [0.25, 0.3) is 11.9 Å². The van der Waals surface area contributed by atoms with Crippen LogP contribution in [0.1, 0.15) is 18.5 Å². The largest absolute Gasteiger partial charge is 0.504 e. The Bertz CT molecular complexity index is 817. The molecule has 2 heterocycles. The summed E-state index contributed by atoms with van der Waals surface area (Å²) in [7, 11) is 1.45. The number of hydrogen-bond acceptors (Lipinski definition) is 9. The predicted octanol–water partition coefficient (Wildman–Crippen LogP) is -0.0648. The molecule has 11 nitrogen and oxygen atoms in total. The normalized spacial score (nSPS) is 15.7. The number of nitrogens with one attached hydrogen (secondary N) is 1. The van der Waals surface area contributed by atoms with Crippen LogP contribution in [0.25, 0.3) is 0 Å². The lowest BCUT2D eigenvalue weighted by atomic mass is 10.2. The van der Waals surface area contributed by atoms with Gasteiger partial charge in [0.2, 0.25) is 0 Å². The molecule has 1 aromatic carbocycles. The van der Waals surface area contributed by atoms with Crippen molar-refractivity contribution in [3.63, 3.8) is 0 Å². The second-order valence-corrected chi connectivity index (χ2v) is 5.85. The molecule has 0 bridgehead atoms. The third kappa shape index (κ3) is 4.50. The van der Waals surface area contributed by atoms with Crippen molar-refractivity contribution in [3.05, 3.63) is 23.8 Å². The number of aromatic nitrogens is 4. The fourth-order valence-corrected chi connectivity index (χ4v) is 2.41. The first-order valence-corrected chi connectivity index (χ1v) is 8.40. The van der Waals surface area contributed by atoms with Crippen molar-refractivity contribution in [1.29, 1.82) is 0 Å². The van der Waals surface area contributed by atoms with E-state index in [1.807, 2.05) is 4.90 Å². The number of rotatable bonds is 6. The summed E-state index contributed by atoms with van der Waals surface area (Å²) in [5.74, 6) is 0.433. The van der Waals surface area contributed by atoms with Crippen LogP contribution < -0.4 is 15.1 Å². The SMILES string of the molecule is COc1cc(/C=N/NC(=O)C(C)n2nnc(N3CCOCC3)n2)ccc1O. The highest BCUT2D eigenvalue weighted by Crippen LogP contribution is 2.25. The lowest BCUT2D eigenvalue weighted by Crippen LogP contribution is -2.37. The summed E-state index contributed by atoms with van der Waals surface area (Å²) >= 11 is 0. The molecule has 2 aromatic rings. The van der Waals surface area contributed by atoms with Gasteiger partial charge in [-0.15, -0.1) is 9.90 Å². The van der Waals surface area contributed by atoms with Crippen molar-refractivity contribution >= 4 is 18.1 Å². The number of methoxy groups -OCH3 is 1. The molecule has 0 spiro atoms. The van der Waals surface area contributed by atoms with Gasteiger partial charge >= 0.3 is 0 Å². The molecule has 1 aliphatic rings. The Morgan fingerprint density at radius 1 is 1.44 bits per heavy atom. The number of phenols is 1. The lowest BCUT2D eigenvalue weighted by molar-refractivity contribution is -0.124. The van der Waals surface area contributed by atoms with Gasteiger partial charge in [-0.1, -0.05) is 5.10 Å². The van der Waals surface area contributed by atoms with Gasteiger partial charge in [-0.05, 0) is 35.9 Å². The maximum Gasteiger partial charge on any atom is 0.266 e. The van der Waals surface area contributed by atoms with E-state index in [2.05, 4.69) is 25.9 Å². The summed E-state index contributed by atoms with van der Waals surface area (Å²) in [6.07, 6.45) is 1.44. The minimum Gasteiger partial charge on any atom is -0.504 e. The summed E-state index contributed by atoms with van der Waals surface area (Å²) in [5, 5.41) is 25.7. The van der Waals surface area contributed by atoms with Crippen LogP contribution in [0.4, 0.5) is 5.95 Å². The highest BCUT2D eigenvalue weighted by atomic mass is 16.5. The number of anilines is 1. The summed E-state index contributed by atoms with van der Waals surface area (Å²) in [4.78, 5) is 15.4. The number of morpholine rings is 1. The zero-order valence-corrected chi connectivity index (χ0v) is 15.1. The van der Waals surface area contributed by atoms with Gasteiger partial charge in [0.15, 0.2) is 17.5 Å². The van der Waals surface area contributed by atoms with Crippen LogP contribution in [-0.4, -0.2) is 70.8 Å². The fraction of sp³-hybridized carbons (Fsp3) is 0.438. The number of hydrogen-bond donors (Lipinski definition) is 2. The van der Waals surface area contributed by atoms with Gasteiger partial charge in [0.1, 0.15) is 0 Å². The van der Waals surface area contributed by atoms with E-state index < -0.39 is 6.04 Å². The maximum atomic E-state index is 12.2. The van der Waals surface area contributed by atoms with Crippen LogP contribution in [0.3, 0.4) is 0 Å². The van der Waals surface area contributed by atoms with Crippen LogP contribution in [0, 0.1) is 0 Å². The number of nitrogens with zero attached hydrogens (tertiary/aromatic N) is 6. The lowest BCUT2D eigenvalue weighted by Gasteiger charge is -2.24. The molecule has 0 saturated carbocycles. The van der Waals surface area contributed by atoms with Crippen LogP contribution in [0.5, 0.6) is 11.5 Å². The number of carbonyl (C=O) groups is 1. The molecule has 1 aromatic heterocycles. The van der Waals surface area contributed by atoms with Gasteiger partial charge in [0.05, 0.1) is 26.5 Å². The first kappa shape index (κ1) is 18.6. The van der Waals surface area contributed by atoms with Gasteiger partial charge in [-0.25, -0.2) is 5.43 Å². The molecule has 144 valence electrons. The minimum absolute atomic E-state index is 0.0284. The zero-order valence-electron chi connectivity index (χ0n) is 15.1. The third-order valence-electron chi connectivity index (χ3n) is 4.03. The van der Waals surface area contributed by atoms with Gasteiger partial charge in [-0.2, -0.15) is 5.10 Å². The molecule has 27 heavy (non-hydrogen) atoms. The Balaban J connectivity index is 1.58. The summed E-state index contributed by atoms with van der Waals surface area (Å²) in [5.41, 5.74) is 3.09. The Morgan fingerprint density at radius 3 is 2.96 bits per heavy atom. The molecule has 1 aliphatic heterocycles. The number of amides is 1. The number of aromatic hydroxyl groups is 1. The standard InChI is InChI=1S/C16H21N7O4/c1-11(23-20-16(19-21-23)22-5-7-27-8-6-22)15(25)18-17-10-12-3-4-13(24)14(9-12)26-2/h3-4,9-11,24H,5-8H2,1-2H3,(H,18,25)/b17-10+. The van der Waals surface area contributed by atoms with Gasteiger partial charge in [0, 0.05) is 13.1 Å². The molecule has 1 fully saturated rings. The first-order valence-electron chi connectivity index (χ1n) is 8.40. The maximum absolute atomic E-state index is 12.2. The number of benzene rings is 1. The quantitative estimate of drug-likeness (QED) is 0.531. The van der Waals surface area contributed by atoms with Gasteiger partial charge in [-0.3, -0.25) is 4.79 Å². The van der Waals surface area contributed by atoms with Crippen molar-refractivity contribution in [3.8, 4) is 11.5 Å². The summed E-state index contributed by atoms with van der Waals surface area (Å²) in [6, 6.07) is 4.04. The molecular formula is C16H21N7O4. The number of hydrazone groups is 1. The Hall–Kier alpha value is -3.21. The van der Waals surface area contributed by atoms with Crippen LogP contribution in [-0.2, 0) is 9.53 Å². The van der Waals surface area contributed by atoms with Gasteiger partial charge < -0.3 is 19.5 Å². The molecule has 0 radical (unpaired) electrons. The van der Waals surface area contributed by atoms with E-state index in [9.17, 15) is 9.90 Å². The molecule has 1 saturated heterocycles. The average molecular weight is 375 g/mol. The van der Waals surface area contributed by atoms with Crippen molar-refractivity contribution in [2.45, 2.75) is 13.0 Å². The summed E-state index contributed by atoms with van der Waals surface area (Å²) in [6.45, 7) is 4.25. The predicted molar refractivity (Wildman–Crippen MR) is 96.0 cm³/mol. The molecule has 0 aliphatic carbocycles. The van der Waals surface area contributed by atoms with Crippen LogP contribution >= 0.6 is 0 Å². The van der Waals surface area contributed by atoms with E-state index in [1.165, 1.54) is 24.2 Å². The molecule has 11 heteroatoms. The average Bonchev–Trinajstić information content (AvgIpc) is 3.19. The van der Waals surface area contributed by atoms with Crippen LogP contribution in [0.2, 0.25) is 0 Å². The van der Waals surface area contributed by atoms with E-state index >= 15 is 0 Å². The second kappa shape index (κ2) is 8.45. The molecule has 1 amide bonds. The van der Waals surface area contributed by atoms with Crippen molar-refractivity contribution in [2.75, 3.05) is 38.3 Å². The molecular weight excluding hydrogens is 354 g/mol. The van der Waals surface area contributed by atoms with E-state index in [-0.39, 0.29) is 11.7 Å². The minimum atomic E-state index is -0.682. The zero-order chi connectivity index (χ0) is 19.2. The Kier molecular flexibility index (Phi) is 5.81. The smallest absolute Gasteiger partial charge is 0.266 e. The monoisotopic (exact) mass is 375 g/mol. The Labute approximate surface area is 155 Å². The molecule has 1 atom stereocenters. The van der Waals surface area contributed by atoms with E-state index in [4.69, 9.17) is 9.47 Å². The number of tetrazole rings is 1. The number of ether oxygens (including phenoxy) is 2. The van der Waals surface area contributed by atoms with Crippen molar-refractivity contribution in [2.24, 2.45) is 5.10 Å². The summed E-state index contributed by atoms with van der Waals surface area (Å²) < 4.78 is 10.3. The van der Waals surface area contributed by atoms with Crippen molar-refractivity contribution < 1.29 is 19.4 Å². The fourth-order valence-electron chi connectivity index (χ4n) is 2.41. The van der Waals surface area contributed by atoms with Crippen molar-refractivity contribution in [1.82, 2.24) is 25.6 Å². The second-order valence-electron chi connectivity index (χ2n) is 5.85. The van der Waals surface area contributed by atoms with E-state index in [0.717, 1.165) is 0 Å². The molecule has 1 unspecified atom stereocenters. The highest BCUT2D eigenvalue weighted by molar-refractivity contribution is 5.84. The van der Waals surface area contributed by atoms with E-state index in [1.54, 1.807) is 19.1 Å². The molecule has 2 N–H and O–H groups in total. The highest BCUT2D eigenvalue weighted by Gasteiger charge is 2.21. The first-order chi connectivity index (χ1) is 13.1. The Morgan fingerprint density at radius 2 is 2.22 bits per heavy atom. The molecule has 3 rings (SSSR count). The third-order valence-corrected chi connectivity index (χ3v) is 4.03. The number of phenolic OH excluding ortho intramolecular Hbond substituents is 1. The van der Waals surface area contributed by atoms with E-state index in [0.29, 0.717) is 43.6 Å².